The van der Waals surface area contributed by atoms with E-state index in [2.05, 4.69) is 12.2 Å². The normalized spacial score (nSPS) is 31.2. The van der Waals surface area contributed by atoms with Crippen molar-refractivity contribution in [3.05, 3.63) is 0 Å². The van der Waals surface area contributed by atoms with E-state index in [0.29, 0.717) is 6.10 Å². The van der Waals surface area contributed by atoms with Crippen LogP contribution in [0.25, 0.3) is 0 Å². The SMILES string of the molecule is CC1CCCCC1NCCOC1CCCCCC1. The van der Waals surface area contributed by atoms with Gasteiger partial charge in [0.05, 0.1) is 12.7 Å². The van der Waals surface area contributed by atoms with Gasteiger partial charge in [-0.25, -0.2) is 0 Å². The molecule has 2 saturated carbocycles. The number of ether oxygens (including phenoxy) is 1. The van der Waals surface area contributed by atoms with E-state index in [1.54, 1.807) is 0 Å². The summed E-state index contributed by atoms with van der Waals surface area (Å²) in [5, 5.41) is 3.70. The molecule has 2 aliphatic carbocycles. The van der Waals surface area contributed by atoms with Gasteiger partial charge in [0.1, 0.15) is 0 Å². The minimum Gasteiger partial charge on any atom is -0.377 e. The molecule has 2 aliphatic rings. The third-order valence-electron chi connectivity index (χ3n) is 4.78. The molecule has 2 heteroatoms. The molecule has 0 amide bonds. The van der Waals surface area contributed by atoms with Crippen LogP contribution in [-0.4, -0.2) is 25.3 Å². The molecule has 2 nitrogen and oxygen atoms in total. The molecule has 0 aromatic carbocycles. The lowest BCUT2D eigenvalue weighted by Crippen LogP contribution is -2.39. The molecule has 106 valence electrons. The standard InChI is InChI=1S/C16H31NO/c1-14-8-6-7-11-16(14)17-12-13-18-15-9-4-2-3-5-10-15/h14-17H,2-13H2,1H3. The summed E-state index contributed by atoms with van der Waals surface area (Å²) in [6.45, 7) is 4.35. The van der Waals surface area contributed by atoms with Crippen molar-refractivity contribution in [3.63, 3.8) is 0 Å². The predicted molar refractivity (Wildman–Crippen MR) is 76.9 cm³/mol. The highest BCUT2D eigenvalue weighted by atomic mass is 16.5. The van der Waals surface area contributed by atoms with Gasteiger partial charge in [-0.2, -0.15) is 0 Å². The fourth-order valence-corrected chi connectivity index (χ4v) is 3.50. The van der Waals surface area contributed by atoms with Gasteiger partial charge >= 0.3 is 0 Å². The Bertz CT molecular complexity index is 211. The smallest absolute Gasteiger partial charge is 0.0594 e. The van der Waals surface area contributed by atoms with Crippen LogP contribution in [0.15, 0.2) is 0 Å². The Hall–Kier alpha value is -0.0800. The molecule has 0 aliphatic heterocycles. The maximum absolute atomic E-state index is 6.03. The number of hydrogen-bond acceptors (Lipinski definition) is 2. The van der Waals surface area contributed by atoms with E-state index in [9.17, 15) is 0 Å². The summed E-state index contributed by atoms with van der Waals surface area (Å²) in [5.41, 5.74) is 0. The highest BCUT2D eigenvalue weighted by Gasteiger charge is 2.20. The van der Waals surface area contributed by atoms with Gasteiger partial charge in [0, 0.05) is 12.6 Å². The molecule has 2 fully saturated rings. The van der Waals surface area contributed by atoms with E-state index in [-0.39, 0.29) is 0 Å². The predicted octanol–water partition coefficient (Wildman–Crippen LogP) is 3.89. The quantitative estimate of drug-likeness (QED) is 0.593. The second-order valence-electron chi connectivity index (χ2n) is 6.31. The third-order valence-corrected chi connectivity index (χ3v) is 4.78. The van der Waals surface area contributed by atoms with Gasteiger partial charge in [-0.05, 0) is 31.6 Å². The van der Waals surface area contributed by atoms with Crippen molar-refractivity contribution in [1.29, 1.82) is 0 Å². The molecule has 2 unspecified atom stereocenters. The van der Waals surface area contributed by atoms with Crippen molar-refractivity contribution in [2.75, 3.05) is 13.2 Å². The van der Waals surface area contributed by atoms with Crippen LogP contribution in [0.2, 0.25) is 0 Å². The summed E-state index contributed by atoms with van der Waals surface area (Å²) in [7, 11) is 0. The Balaban J connectivity index is 1.54. The highest BCUT2D eigenvalue weighted by Crippen LogP contribution is 2.23. The zero-order valence-corrected chi connectivity index (χ0v) is 12.1. The van der Waals surface area contributed by atoms with Gasteiger partial charge in [0.25, 0.3) is 0 Å². The highest BCUT2D eigenvalue weighted by molar-refractivity contribution is 4.77. The maximum atomic E-state index is 6.03. The summed E-state index contributed by atoms with van der Waals surface area (Å²) in [4.78, 5) is 0. The zero-order valence-electron chi connectivity index (χ0n) is 12.1. The summed E-state index contributed by atoms with van der Waals surface area (Å²) < 4.78 is 6.03. The second kappa shape index (κ2) is 8.16. The van der Waals surface area contributed by atoms with Gasteiger partial charge in [0.2, 0.25) is 0 Å². The van der Waals surface area contributed by atoms with Crippen LogP contribution in [0.5, 0.6) is 0 Å². The van der Waals surface area contributed by atoms with Crippen molar-refractivity contribution in [2.45, 2.75) is 83.3 Å². The monoisotopic (exact) mass is 253 g/mol. The molecule has 0 aromatic heterocycles. The summed E-state index contributed by atoms with van der Waals surface area (Å²) in [5.74, 6) is 0.858. The first-order valence-electron chi connectivity index (χ1n) is 8.21. The number of hydrogen-bond donors (Lipinski definition) is 1. The number of nitrogens with one attached hydrogen (secondary N) is 1. The van der Waals surface area contributed by atoms with E-state index in [1.165, 1.54) is 64.2 Å². The summed E-state index contributed by atoms with van der Waals surface area (Å²) >= 11 is 0. The van der Waals surface area contributed by atoms with E-state index in [1.807, 2.05) is 0 Å². The van der Waals surface area contributed by atoms with Crippen LogP contribution in [0.1, 0.15) is 71.1 Å². The van der Waals surface area contributed by atoms with E-state index >= 15 is 0 Å². The fraction of sp³-hybridized carbons (Fsp3) is 1.00. The van der Waals surface area contributed by atoms with Gasteiger partial charge in [-0.15, -0.1) is 0 Å². The Morgan fingerprint density at radius 1 is 0.889 bits per heavy atom. The van der Waals surface area contributed by atoms with Crippen LogP contribution in [0.3, 0.4) is 0 Å². The first-order valence-corrected chi connectivity index (χ1v) is 8.21. The minimum atomic E-state index is 0.554. The Morgan fingerprint density at radius 3 is 2.28 bits per heavy atom. The number of rotatable bonds is 5. The van der Waals surface area contributed by atoms with Crippen LogP contribution < -0.4 is 5.32 Å². The Kier molecular flexibility index (Phi) is 6.50. The van der Waals surface area contributed by atoms with Crippen LogP contribution in [0, 0.1) is 5.92 Å². The molecule has 0 bridgehead atoms. The lowest BCUT2D eigenvalue weighted by Gasteiger charge is -2.29. The van der Waals surface area contributed by atoms with Crippen molar-refractivity contribution in [3.8, 4) is 0 Å². The molecule has 18 heavy (non-hydrogen) atoms. The van der Waals surface area contributed by atoms with Gasteiger partial charge < -0.3 is 10.1 Å². The maximum Gasteiger partial charge on any atom is 0.0594 e. The van der Waals surface area contributed by atoms with E-state index < -0.39 is 0 Å². The lowest BCUT2D eigenvalue weighted by molar-refractivity contribution is 0.0426. The fourth-order valence-electron chi connectivity index (χ4n) is 3.50. The average molecular weight is 253 g/mol. The summed E-state index contributed by atoms with van der Waals surface area (Å²) in [6.07, 6.45) is 14.3. The molecule has 0 aromatic rings. The third kappa shape index (κ3) is 4.89. The van der Waals surface area contributed by atoms with Gasteiger partial charge in [-0.1, -0.05) is 45.4 Å². The van der Waals surface area contributed by atoms with Crippen molar-refractivity contribution in [1.82, 2.24) is 5.32 Å². The topological polar surface area (TPSA) is 21.3 Å². The van der Waals surface area contributed by atoms with Crippen LogP contribution in [0.4, 0.5) is 0 Å². The molecule has 1 N–H and O–H groups in total. The molecule has 0 spiro atoms. The largest absolute Gasteiger partial charge is 0.377 e. The van der Waals surface area contributed by atoms with Crippen molar-refractivity contribution < 1.29 is 4.74 Å². The molecule has 2 atom stereocenters. The summed E-state index contributed by atoms with van der Waals surface area (Å²) in [6, 6.07) is 0.747. The Labute approximate surface area is 113 Å². The van der Waals surface area contributed by atoms with Gasteiger partial charge in [-0.3, -0.25) is 0 Å². The van der Waals surface area contributed by atoms with E-state index in [0.717, 1.165) is 25.1 Å². The van der Waals surface area contributed by atoms with Gasteiger partial charge in [0.15, 0.2) is 0 Å². The van der Waals surface area contributed by atoms with Crippen molar-refractivity contribution >= 4 is 0 Å². The lowest BCUT2D eigenvalue weighted by atomic mass is 9.86. The first kappa shape index (κ1) is 14.3. The minimum absolute atomic E-state index is 0.554. The van der Waals surface area contributed by atoms with E-state index in [4.69, 9.17) is 4.74 Å². The molecule has 2 rings (SSSR count). The first-order chi connectivity index (χ1) is 8.86. The van der Waals surface area contributed by atoms with Crippen LogP contribution >= 0.6 is 0 Å². The molecule has 0 radical (unpaired) electrons. The van der Waals surface area contributed by atoms with Crippen LogP contribution in [-0.2, 0) is 4.74 Å². The van der Waals surface area contributed by atoms with Crippen molar-refractivity contribution in [2.24, 2.45) is 5.92 Å². The second-order valence-corrected chi connectivity index (χ2v) is 6.31. The molecular formula is C16H31NO. The Morgan fingerprint density at radius 2 is 1.56 bits per heavy atom. The molecule has 0 heterocycles. The molecular weight excluding hydrogens is 222 g/mol. The average Bonchev–Trinajstić information content (AvgIpc) is 2.65. The molecule has 0 saturated heterocycles. The zero-order chi connectivity index (χ0) is 12.6.